The Hall–Kier alpha value is -1.64. The smallest absolute Gasteiger partial charge is 0.258 e. The first-order valence-corrected chi connectivity index (χ1v) is 9.78. The van der Waals surface area contributed by atoms with Crippen molar-refractivity contribution in [3.63, 3.8) is 0 Å². The van der Waals surface area contributed by atoms with Gasteiger partial charge >= 0.3 is 0 Å². The van der Waals surface area contributed by atoms with Gasteiger partial charge in [-0.05, 0) is 31.0 Å². The summed E-state index contributed by atoms with van der Waals surface area (Å²) in [6.45, 7) is 4.43. The van der Waals surface area contributed by atoms with E-state index in [9.17, 15) is 13.2 Å². The van der Waals surface area contributed by atoms with E-state index < -0.39 is 10.0 Å². The minimum absolute atomic E-state index is 0.0528. The fraction of sp³-hybridized carbons (Fsp3) is 0.588. The van der Waals surface area contributed by atoms with Crippen LogP contribution in [0.4, 0.5) is 0 Å². The first-order chi connectivity index (χ1) is 11.7. The zero-order valence-electron chi connectivity index (χ0n) is 15.1. The summed E-state index contributed by atoms with van der Waals surface area (Å²) in [5, 5.41) is 2.82. The first kappa shape index (κ1) is 19.7. The molecule has 0 radical (unpaired) electrons. The predicted molar refractivity (Wildman–Crippen MR) is 95.1 cm³/mol. The number of amides is 1. The molecule has 1 amide bonds. The van der Waals surface area contributed by atoms with Crippen molar-refractivity contribution in [2.24, 2.45) is 5.92 Å². The van der Waals surface area contributed by atoms with Crippen LogP contribution in [0, 0.1) is 19.8 Å². The molecule has 1 fully saturated rings. The number of carbonyl (C=O) groups excluding carboxylic acids is 1. The Bertz CT molecular complexity index is 718. The molecule has 140 valence electrons. The standard InChI is InChI=1S/C17H26N2O5S/c1-12-6-5-7-16(13(12)2)24-10-17(20)18-15-9-23-8-14(15)11-25(21,22)19(3)4/h5-7,14-15H,8-11H2,1-4H3,(H,18,20)/t14-,15+/m0/s1. The number of ether oxygens (including phenoxy) is 2. The van der Waals surface area contributed by atoms with Crippen LogP contribution in [-0.4, -0.2) is 64.3 Å². The summed E-state index contributed by atoms with van der Waals surface area (Å²) in [5.74, 6) is 0.0632. The van der Waals surface area contributed by atoms with Gasteiger partial charge in [-0.3, -0.25) is 4.79 Å². The van der Waals surface area contributed by atoms with Gasteiger partial charge in [0.25, 0.3) is 5.91 Å². The fourth-order valence-corrected chi connectivity index (χ4v) is 3.78. The maximum atomic E-state index is 12.2. The maximum Gasteiger partial charge on any atom is 0.258 e. The Morgan fingerprint density at radius 2 is 2.04 bits per heavy atom. The van der Waals surface area contributed by atoms with Crippen LogP contribution in [0.1, 0.15) is 11.1 Å². The van der Waals surface area contributed by atoms with E-state index in [1.54, 1.807) is 0 Å². The van der Waals surface area contributed by atoms with Gasteiger partial charge in [-0.25, -0.2) is 12.7 Å². The van der Waals surface area contributed by atoms with E-state index in [1.807, 2.05) is 32.0 Å². The summed E-state index contributed by atoms with van der Waals surface area (Å²) in [6.07, 6.45) is 0. The molecule has 0 spiro atoms. The number of carbonyl (C=O) groups is 1. The van der Waals surface area contributed by atoms with E-state index in [-0.39, 0.29) is 30.2 Å². The predicted octanol–water partition coefficient (Wildman–Crippen LogP) is 0.705. The molecule has 0 saturated carbocycles. The molecule has 7 nitrogen and oxygen atoms in total. The topological polar surface area (TPSA) is 84.9 Å². The minimum atomic E-state index is -3.35. The Balaban J connectivity index is 1.90. The van der Waals surface area contributed by atoms with Gasteiger partial charge in [0, 0.05) is 20.0 Å². The van der Waals surface area contributed by atoms with Crippen LogP contribution in [0.2, 0.25) is 0 Å². The van der Waals surface area contributed by atoms with Crippen LogP contribution in [0.3, 0.4) is 0 Å². The second kappa shape index (κ2) is 8.16. The van der Waals surface area contributed by atoms with Crippen molar-refractivity contribution in [2.45, 2.75) is 19.9 Å². The normalized spacial score (nSPS) is 20.7. The Kier molecular flexibility index (Phi) is 6.42. The van der Waals surface area contributed by atoms with Crippen molar-refractivity contribution >= 4 is 15.9 Å². The molecule has 8 heteroatoms. The number of nitrogens with zero attached hydrogens (tertiary/aromatic N) is 1. The number of nitrogens with one attached hydrogen (secondary N) is 1. The maximum absolute atomic E-state index is 12.2. The highest BCUT2D eigenvalue weighted by atomic mass is 32.2. The number of hydrogen-bond acceptors (Lipinski definition) is 5. The lowest BCUT2D eigenvalue weighted by Gasteiger charge is -2.21. The summed E-state index contributed by atoms with van der Waals surface area (Å²) in [7, 11) is -0.352. The highest BCUT2D eigenvalue weighted by molar-refractivity contribution is 7.89. The third-order valence-electron chi connectivity index (χ3n) is 4.44. The third kappa shape index (κ3) is 5.17. The van der Waals surface area contributed by atoms with Crippen molar-refractivity contribution in [1.82, 2.24) is 9.62 Å². The zero-order chi connectivity index (χ0) is 18.6. The van der Waals surface area contributed by atoms with Crippen molar-refractivity contribution in [3.05, 3.63) is 29.3 Å². The summed E-state index contributed by atoms with van der Waals surface area (Å²) in [5.41, 5.74) is 2.09. The van der Waals surface area contributed by atoms with E-state index in [2.05, 4.69) is 5.32 Å². The van der Waals surface area contributed by atoms with E-state index in [0.29, 0.717) is 19.0 Å². The molecule has 1 aliphatic rings. The molecule has 1 saturated heterocycles. The molecule has 0 unspecified atom stereocenters. The molecule has 0 bridgehead atoms. The van der Waals surface area contributed by atoms with Gasteiger partial charge in [-0.2, -0.15) is 0 Å². The highest BCUT2D eigenvalue weighted by Crippen LogP contribution is 2.21. The third-order valence-corrected chi connectivity index (χ3v) is 6.40. The highest BCUT2D eigenvalue weighted by Gasteiger charge is 2.34. The number of aryl methyl sites for hydroxylation is 1. The Morgan fingerprint density at radius 3 is 2.72 bits per heavy atom. The van der Waals surface area contributed by atoms with Gasteiger partial charge in [-0.1, -0.05) is 12.1 Å². The summed E-state index contributed by atoms with van der Waals surface area (Å²) < 4.78 is 36.2. The zero-order valence-corrected chi connectivity index (χ0v) is 15.9. The van der Waals surface area contributed by atoms with Crippen LogP contribution in [0.5, 0.6) is 5.75 Å². The van der Waals surface area contributed by atoms with Gasteiger partial charge in [0.05, 0.1) is 25.0 Å². The van der Waals surface area contributed by atoms with Gasteiger partial charge < -0.3 is 14.8 Å². The SMILES string of the molecule is Cc1cccc(OCC(=O)N[C@@H]2COC[C@H]2CS(=O)(=O)N(C)C)c1C. The van der Waals surface area contributed by atoms with E-state index in [1.165, 1.54) is 18.4 Å². The van der Waals surface area contributed by atoms with Crippen LogP contribution < -0.4 is 10.1 Å². The second-order valence-corrected chi connectivity index (χ2v) is 8.75. The summed E-state index contributed by atoms with van der Waals surface area (Å²) in [6, 6.07) is 5.35. The van der Waals surface area contributed by atoms with Crippen LogP contribution in [0.25, 0.3) is 0 Å². The molecular weight excluding hydrogens is 344 g/mol. The first-order valence-electron chi connectivity index (χ1n) is 8.17. The summed E-state index contributed by atoms with van der Waals surface area (Å²) in [4.78, 5) is 12.2. The Labute approximate surface area is 149 Å². The van der Waals surface area contributed by atoms with Crippen molar-refractivity contribution in [1.29, 1.82) is 0 Å². The van der Waals surface area contributed by atoms with Crippen LogP contribution in [0.15, 0.2) is 18.2 Å². The lowest BCUT2D eigenvalue weighted by atomic mass is 10.1. The molecule has 1 heterocycles. The lowest BCUT2D eigenvalue weighted by Crippen LogP contribution is -2.45. The second-order valence-electron chi connectivity index (χ2n) is 6.52. The van der Waals surface area contributed by atoms with E-state index in [4.69, 9.17) is 9.47 Å². The molecule has 2 atom stereocenters. The number of hydrogen-bond donors (Lipinski definition) is 1. The number of sulfonamides is 1. The lowest BCUT2D eigenvalue weighted by molar-refractivity contribution is -0.124. The molecule has 0 aromatic heterocycles. The molecular formula is C17H26N2O5S. The van der Waals surface area contributed by atoms with Gasteiger partial charge in [0.2, 0.25) is 10.0 Å². The van der Waals surface area contributed by atoms with Crippen molar-refractivity contribution < 1.29 is 22.7 Å². The fourth-order valence-electron chi connectivity index (χ4n) is 2.61. The van der Waals surface area contributed by atoms with Gasteiger partial charge in [0.1, 0.15) is 5.75 Å². The summed E-state index contributed by atoms with van der Waals surface area (Å²) >= 11 is 0. The van der Waals surface area contributed by atoms with Crippen LogP contribution in [-0.2, 0) is 19.6 Å². The van der Waals surface area contributed by atoms with E-state index >= 15 is 0 Å². The number of rotatable bonds is 7. The minimum Gasteiger partial charge on any atom is -0.483 e. The molecule has 1 aliphatic heterocycles. The Morgan fingerprint density at radius 1 is 1.32 bits per heavy atom. The van der Waals surface area contributed by atoms with Crippen LogP contribution >= 0.6 is 0 Å². The van der Waals surface area contributed by atoms with E-state index in [0.717, 1.165) is 11.1 Å². The quantitative estimate of drug-likeness (QED) is 0.764. The van der Waals surface area contributed by atoms with Gasteiger partial charge in [0.15, 0.2) is 6.61 Å². The van der Waals surface area contributed by atoms with Crippen molar-refractivity contribution in [3.8, 4) is 5.75 Å². The monoisotopic (exact) mass is 370 g/mol. The molecule has 0 aliphatic carbocycles. The molecule has 2 rings (SSSR count). The van der Waals surface area contributed by atoms with Gasteiger partial charge in [-0.15, -0.1) is 0 Å². The largest absolute Gasteiger partial charge is 0.483 e. The molecule has 25 heavy (non-hydrogen) atoms. The van der Waals surface area contributed by atoms with Crippen molar-refractivity contribution in [2.75, 3.05) is 39.7 Å². The average molecular weight is 370 g/mol. The molecule has 1 aromatic carbocycles. The number of benzene rings is 1. The molecule has 1 aromatic rings. The average Bonchev–Trinajstić information content (AvgIpc) is 2.95. The molecule has 1 N–H and O–H groups in total.